The van der Waals surface area contributed by atoms with E-state index in [4.69, 9.17) is 0 Å². The van der Waals surface area contributed by atoms with Gasteiger partial charge in [-0.05, 0) is 45.6 Å². The molecule has 4 N–H and O–H groups in total. The number of benzene rings is 1. The summed E-state index contributed by atoms with van der Waals surface area (Å²) in [7, 11) is 0. The van der Waals surface area contributed by atoms with Crippen molar-refractivity contribution in [2.75, 3.05) is 19.6 Å². The molecule has 2 aliphatic heterocycles. The molecule has 0 radical (unpaired) electrons. The SMILES string of the molecule is C=CCNC(=O)C(=O)C(CCC)NC(=O)[C@@H]1[C@@H]2[C@H](CN1C(=O)[C@@H](NC(=O)N[C@H](CN1Cc3ccccc3CC1=O)C(C)(C)C)C(C)(C)C)C2(C)C. The van der Waals surface area contributed by atoms with Crippen LogP contribution in [0.25, 0.3) is 0 Å². The minimum atomic E-state index is -1.04. The van der Waals surface area contributed by atoms with E-state index in [2.05, 4.69) is 41.7 Å². The Morgan fingerprint density at radius 2 is 1.63 bits per heavy atom. The van der Waals surface area contributed by atoms with E-state index in [0.29, 0.717) is 32.5 Å². The summed E-state index contributed by atoms with van der Waals surface area (Å²) >= 11 is 0. The first-order valence-electron chi connectivity index (χ1n) is 18.2. The summed E-state index contributed by atoms with van der Waals surface area (Å²) in [4.78, 5) is 84.2. The van der Waals surface area contributed by atoms with Crippen LogP contribution in [0.2, 0.25) is 0 Å². The molecule has 6 atom stereocenters. The standard InChI is InChI=1S/C39H58N6O6/c1-11-15-26(31(47)34(49)40-18-12-2)41-33(48)30-29-25(39(29,9)10)21-45(30)35(50)32(38(6,7)8)43-36(51)42-27(37(3,4)5)22-44-20-24-17-14-13-16-23(24)19-28(44)46/h12-14,16-17,25-27,29-30,32H,2,11,15,18-22H2,1,3-10H3,(H,40,49)(H,41,48)(H2,42,43,51)/t25-,26?,27+,29-,30-,32+/m0/s1. The van der Waals surface area contributed by atoms with Gasteiger partial charge in [0.25, 0.3) is 5.91 Å². The quantitative estimate of drug-likeness (QED) is 0.182. The third-order valence-corrected chi connectivity index (χ3v) is 10.9. The van der Waals surface area contributed by atoms with Gasteiger partial charge in [0.15, 0.2) is 0 Å². The second kappa shape index (κ2) is 15.2. The maximum Gasteiger partial charge on any atom is 0.315 e. The fourth-order valence-corrected chi connectivity index (χ4v) is 7.56. The summed E-state index contributed by atoms with van der Waals surface area (Å²) in [6.45, 7) is 22.3. The number of piperidine rings is 1. The van der Waals surface area contributed by atoms with Crippen LogP contribution in [0.4, 0.5) is 4.79 Å². The number of urea groups is 1. The number of hydrogen-bond donors (Lipinski definition) is 4. The second-order valence-electron chi connectivity index (χ2n) is 17.2. The van der Waals surface area contributed by atoms with Gasteiger partial charge in [-0.25, -0.2) is 4.79 Å². The number of ketones is 1. The number of rotatable bonds is 13. The van der Waals surface area contributed by atoms with Gasteiger partial charge in [0.05, 0.1) is 18.5 Å². The van der Waals surface area contributed by atoms with Gasteiger partial charge in [0, 0.05) is 26.2 Å². The van der Waals surface area contributed by atoms with Crippen LogP contribution in [-0.2, 0) is 36.9 Å². The minimum Gasteiger partial charge on any atom is -0.346 e. The van der Waals surface area contributed by atoms with Crippen LogP contribution in [0.15, 0.2) is 36.9 Å². The molecule has 3 aliphatic rings. The van der Waals surface area contributed by atoms with Gasteiger partial charge in [-0.2, -0.15) is 0 Å². The number of carbonyl (C=O) groups is 6. The van der Waals surface area contributed by atoms with Gasteiger partial charge in [-0.15, -0.1) is 6.58 Å². The third-order valence-electron chi connectivity index (χ3n) is 10.9. The zero-order chi connectivity index (χ0) is 38.1. The molecule has 1 aromatic rings. The molecular formula is C39H58N6O6. The number of fused-ring (bicyclic) bond motifs is 2. The van der Waals surface area contributed by atoms with Gasteiger partial charge in [-0.3, -0.25) is 24.0 Å². The monoisotopic (exact) mass is 706 g/mol. The molecule has 12 heteroatoms. The molecular weight excluding hydrogens is 648 g/mol. The van der Waals surface area contributed by atoms with Crippen molar-refractivity contribution in [2.24, 2.45) is 28.1 Å². The van der Waals surface area contributed by atoms with E-state index < -0.39 is 64.5 Å². The highest BCUT2D eigenvalue weighted by Gasteiger charge is 2.70. The molecule has 280 valence electrons. The number of hydrogen-bond acceptors (Lipinski definition) is 6. The fraction of sp³-hybridized carbons (Fsp3) is 0.641. The first-order chi connectivity index (χ1) is 23.7. The third kappa shape index (κ3) is 8.81. The molecule has 1 saturated heterocycles. The Bertz CT molecular complexity index is 1540. The average Bonchev–Trinajstić information content (AvgIpc) is 3.35. The topological polar surface area (TPSA) is 157 Å². The Balaban J connectivity index is 1.51. The number of nitrogens with one attached hydrogen (secondary N) is 4. The van der Waals surface area contributed by atoms with E-state index in [1.54, 1.807) is 9.80 Å². The highest BCUT2D eigenvalue weighted by molar-refractivity contribution is 6.38. The van der Waals surface area contributed by atoms with E-state index in [1.165, 1.54) is 6.08 Å². The van der Waals surface area contributed by atoms with E-state index in [-0.39, 0.29) is 36.1 Å². The normalized spacial score (nSPS) is 22.5. The van der Waals surface area contributed by atoms with Crippen molar-refractivity contribution in [3.8, 4) is 0 Å². The van der Waals surface area contributed by atoms with Gasteiger partial charge < -0.3 is 31.1 Å². The van der Waals surface area contributed by atoms with Crippen molar-refractivity contribution >= 4 is 35.4 Å². The van der Waals surface area contributed by atoms with Crippen molar-refractivity contribution in [3.63, 3.8) is 0 Å². The largest absolute Gasteiger partial charge is 0.346 e. The van der Waals surface area contributed by atoms with Crippen LogP contribution in [0.1, 0.15) is 86.3 Å². The lowest BCUT2D eigenvalue weighted by Crippen LogP contribution is -2.63. The van der Waals surface area contributed by atoms with E-state index >= 15 is 0 Å². The van der Waals surface area contributed by atoms with Crippen LogP contribution in [0.5, 0.6) is 0 Å². The van der Waals surface area contributed by atoms with Gasteiger partial charge in [-0.1, -0.05) is 99.1 Å². The molecule has 2 heterocycles. The molecule has 4 rings (SSSR count). The summed E-state index contributed by atoms with van der Waals surface area (Å²) in [5, 5.41) is 11.3. The summed E-state index contributed by atoms with van der Waals surface area (Å²) in [5.74, 6) is -2.50. The van der Waals surface area contributed by atoms with E-state index in [0.717, 1.165) is 11.1 Å². The highest BCUT2D eigenvalue weighted by Crippen LogP contribution is 2.65. The number of amides is 6. The number of carbonyl (C=O) groups excluding carboxylic acids is 6. The highest BCUT2D eigenvalue weighted by atomic mass is 16.2. The van der Waals surface area contributed by atoms with Gasteiger partial charge in [0.2, 0.25) is 23.5 Å². The van der Waals surface area contributed by atoms with Gasteiger partial charge >= 0.3 is 6.03 Å². The summed E-state index contributed by atoms with van der Waals surface area (Å²) in [6, 6.07) is 3.98. The maximum absolute atomic E-state index is 14.5. The lowest BCUT2D eigenvalue weighted by Gasteiger charge is -2.40. The molecule has 1 aromatic carbocycles. The molecule has 0 bridgehead atoms. The zero-order valence-electron chi connectivity index (χ0n) is 31.9. The summed E-state index contributed by atoms with van der Waals surface area (Å²) < 4.78 is 0. The zero-order valence-corrected chi connectivity index (χ0v) is 31.9. The molecule has 1 saturated carbocycles. The van der Waals surface area contributed by atoms with E-state index in [1.807, 2.05) is 72.7 Å². The molecule has 0 spiro atoms. The Morgan fingerprint density at radius 3 is 2.22 bits per heavy atom. The Labute approximate surface area is 302 Å². The second-order valence-corrected chi connectivity index (χ2v) is 17.2. The molecule has 51 heavy (non-hydrogen) atoms. The number of Topliss-reactive ketones (excluding diaryl/α,β-unsaturated/α-hetero) is 1. The van der Waals surface area contributed by atoms with Crippen LogP contribution in [0.3, 0.4) is 0 Å². The van der Waals surface area contributed by atoms with Crippen molar-refractivity contribution in [3.05, 3.63) is 48.0 Å². The molecule has 6 amide bonds. The average molecular weight is 707 g/mol. The Morgan fingerprint density at radius 1 is 0.980 bits per heavy atom. The van der Waals surface area contributed by atoms with Gasteiger partial charge in [0.1, 0.15) is 12.1 Å². The number of likely N-dealkylation sites (tertiary alicyclic amines) is 1. The fourth-order valence-electron chi connectivity index (χ4n) is 7.56. The molecule has 1 unspecified atom stereocenters. The molecule has 1 aliphatic carbocycles. The smallest absolute Gasteiger partial charge is 0.315 e. The summed E-state index contributed by atoms with van der Waals surface area (Å²) in [6.07, 6.45) is 2.59. The predicted molar refractivity (Wildman–Crippen MR) is 195 cm³/mol. The van der Waals surface area contributed by atoms with Crippen molar-refractivity contribution in [1.82, 2.24) is 31.1 Å². The first-order valence-corrected chi connectivity index (χ1v) is 18.2. The molecule has 2 fully saturated rings. The minimum absolute atomic E-state index is 0.00647. The van der Waals surface area contributed by atoms with E-state index in [9.17, 15) is 28.8 Å². The Kier molecular flexibility index (Phi) is 11.8. The maximum atomic E-state index is 14.5. The summed E-state index contributed by atoms with van der Waals surface area (Å²) in [5.41, 5.74) is 0.749. The first kappa shape index (κ1) is 39.6. The molecule has 12 nitrogen and oxygen atoms in total. The van der Waals surface area contributed by atoms with Crippen molar-refractivity contribution in [1.29, 1.82) is 0 Å². The van der Waals surface area contributed by atoms with Crippen LogP contribution in [0, 0.1) is 28.1 Å². The van der Waals surface area contributed by atoms with Crippen LogP contribution >= 0.6 is 0 Å². The predicted octanol–water partition coefficient (Wildman–Crippen LogP) is 3.34. The van der Waals surface area contributed by atoms with Crippen molar-refractivity contribution in [2.45, 2.75) is 112 Å². The lowest BCUT2D eigenvalue weighted by molar-refractivity contribution is -0.145. The van der Waals surface area contributed by atoms with Crippen LogP contribution < -0.4 is 21.3 Å². The molecule has 0 aromatic heterocycles. The lowest BCUT2D eigenvalue weighted by atomic mass is 9.84. The van der Waals surface area contributed by atoms with Crippen LogP contribution in [-0.4, -0.2) is 89.0 Å². The number of nitrogens with zero attached hydrogens (tertiary/aromatic N) is 2. The van der Waals surface area contributed by atoms with Crippen molar-refractivity contribution < 1.29 is 28.8 Å². The Hall–Kier alpha value is -4.22.